The minimum absolute atomic E-state index is 0.0712. The standard InChI is InChI=1S/C19H24N2O3S/c1-24-19-9-5-8-18(14-19)20-17-10-12-21(13-11-17)25(22,23)15-16-6-3-2-4-7-16/h2-9,14,17,20H,10-13,15H2,1H3. The second-order valence-electron chi connectivity index (χ2n) is 6.29. The Morgan fingerprint density at radius 1 is 1.08 bits per heavy atom. The summed E-state index contributed by atoms with van der Waals surface area (Å²) < 4.78 is 32.0. The first-order chi connectivity index (χ1) is 12.1. The van der Waals surface area contributed by atoms with Gasteiger partial charge in [-0.05, 0) is 30.5 Å². The Balaban J connectivity index is 1.56. The van der Waals surface area contributed by atoms with E-state index in [0.717, 1.165) is 29.8 Å². The monoisotopic (exact) mass is 360 g/mol. The van der Waals surface area contributed by atoms with Crippen LogP contribution >= 0.6 is 0 Å². The van der Waals surface area contributed by atoms with Gasteiger partial charge < -0.3 is 10.1 Å². The number of methoxy groups -OCH3 is 1. The number of ether oxygens (including phenoxy) is 1. The summed E-state index contributed by atoms with van der Waals surface area (Å²) in [6.45, 7) is 1.10. The molecule has 1 fully saturated rings. The van der Waals surface area contributed by atoms with Gasteiger partial charge in [0.2, 0.25) is 10.0 Å². The summed E-state index contributed by atoms with van der Waals surface area (Å²) in [7, 11) is -1.61. The molecule has 25 heavy (non-hydrogen) atoms. The Bertz CT molecular complexity index is 785. The van der Waals surface area contributed by atoms with Gasteiger partial charge in [0.1, 0.15) is 5.75 Å². The summed E-state index contributed by atoms with van der Waals surface area (Å²) in [5, 5.41) is 3.48. The Hall–Kier alpha value is -2.05. The van der Waals surface area contributed by atoms with Crippen molar-refractivity contribution in [3.8, 4) is 5.75 Å². The normalized spacial score (nSPS) is 16.5. The Kier molecular flexibility index (Phi) is 5.60. The van der Waals surface area contributed by atoms with E-state index in [1.807, 2.05) is 54.6 Å². The van der Waals surface area contributed by atoms with Gasteiger partial charge in [0.15, 0.2) is 0 Å². The molecule has 0 unspecified atom stereocenters. The van der Waals surface area contributed by atoms with Crippen molar-refractivity contribution in [2.45, 2.75) is 24.6 Å². The Labute approximate surface area is 149 Å². The average molecular weight is 360 g/mol. The van der Waals surface area contributed by atoms with Gasteiger partial charge >= 0.3 is 0 Å². The van der Waals surface area contributed by atoms with Crippen molar-refractivity contribution in [2.24, 2.45) is 0 Å². The predicted octanol–water partition coefficient (Wildman–Crippen LogP) is 3.10. The van der Waals surface area contributed by atoms with Crippen molar-refractivity contribution in [1.29, 1.82) is 0 Å². The highest BCUT2D eigenvalue weighted by atomic mass is 32.2. The number of nitrogens with one attached hydrogen (secondary N) is 1. The topological polar surface area (TPSA) is 58.6 Å². The molecule has 2 aromatic rings. The highest BCUT2D eigenvalue weighted by Crippen LogP contribution is 2.22. The molecule has 1 aliphatic heterocycles. The Morgan fingerprint density at radius 3 is 2.48 bits per heavy atom. The number of hydrogen-bond acceptors (Lipinski definition) is 4. The lowest BCUT2D eigenvalue weighted by molar-refractivity contribution is 0.329. The number of nitrogens with zero attached hydrogens (tertiary/aromatic N) is 1. The first-order valence-electron chi connectivity index (χ1n) is 8.49. The third-order valence-corrected chi connectivity index (χ3v) is 6.33. The summed E-state index contributed by atoms with van der Waals surface area (Å²) >= 11 is 0. The smallest absolute Gasteiger partial charge is 0.218 e. The van der Waals surface area contributed by atoms with Crippen LogP contribution < -0.4 is 10.1 Å². The summed E-state index contributed by atoms with van der Waals surface area (Å²) in [6, 6.07) is 17.4. The molecule has 0 bridgehead atoms. The van der Waals surface area contributed by atoms with Gasteiger partial charge in [0.05, 0.1) is 12.9 Å². The molecule has 2 aromatic carbocycles. The van der Waals surface area contributed by atoms with E-state index in [1.54, 1.807) is 11.4 Å². The summed E-state index contributed by atoms with van der Waals surface area (Å²) in [5.74, 6) is 0.884. The number of sulfonamides is 1. The molecule has 6 heteroatoms. The minimum Gasteiger partial charge on any atom is -0.497 e. The fraction of sp³-hybridized carbons (Fsp3) is 0.368. The van der Waals surface area contributed by atoms with Gasteiger partial charge in [-0.1, -0.05) is 36.4 Å². The fourth-order valence-corrected chi connectivity index (χ4v) is 4.67. The molecule has 0 atom stereocenters. The summed E-state index contributed by atoms with van der Waals surface area (Å²) in [6.07, 6.45) is 1.59. The molecular weight excluding hydrogens is 336 g/mol. The van der Waals surface area contributed by atoms with E-state index in [2.05, 4.69) is 5.32 Å². The molecule has 3 rings (SSSR count). The van der Waals surface area contributed by atoms with Gasteiger partial charge in [0.25, 0.3) is 0 Å². The van der Waals surface area contributed by atoms with E-state index in [-0.39, 0.29) is 11.8 Å². The largest absolute Gasteiger partial charge is 0.497 e. The third-order valence-electron chi connectivity index (χ3n) is 4.48. The van der Waals surface area contributed by atoms with Crippen LogP contribution in [0.5, 0.6) is 5.75 Å². The van der Waals surface area contributed by atoms with Gasteiger partial charge in [0, 0.05) is 30.9 Å². The van der Waals surface area contributed by atoms with Crippen molar-refractivity contribution in [3.63, 3.8) is 0 Å². The van der Waals surface area contributed by atoms with Crippen LogP contribution in [-0.2, 0) is 15.8 Å². The molecule has 1 aliphatic rings. The zero-order valence-corrected chi connectivity index (χ0v) is 15.2. The van der Waals surface area contributed by atoms with Crippen LogP contribution in [0.25, 0.3) is 0 Å². The molecule has 0 saturated carbocycles. The van der Waals surface area contributed by atoms with Crippen LogP contribution in [0.1, 0.15) is 18.4 Å². The predicted molar refractivity (Wildman–Crippen MR) is 100 cm³/mol. The molecule has 0 radical (unpaired) electrons. The first-order valence-corrected chi connectivity index (χ1v) is 10.1. The highest BCUT2D eigenvalue weighted by Gasteiger charge is 2.28. The van der Waals surface area contributed by atoms with E-state index in [0.29, 0.717) is 13.1 Å². The molecule has 5 nitrogen and oxygen atoms in total. The van der Waals surface area contributed by atoms with Crippen molar-refractivity contribution in [2.75, 3.05) is 25.5 Å². The van der Waals surface area contributed by atoms with Gasteiger partial charge in [-0.25, -0.2) is 12.7 Å². The number of benzene rings is 2. The maximum absolute atomic E-state index is 12.6. The van der Waals surface area contributed by atoms with Crippen LogP contribution in [0.15, 0.2) is 54.6 Å². The number of rotatable bonds is 6. The zero-order valence-electron chi connectivity index (χ0n) is 14.4. The quantitative estimate of drug-likeness (QED) is 0.860. The van der Waals surface area contributed by atoms with Crippen molar-refractivity contribution in [3.05, 3.63) is 60.2 Å². The molecule has 0 amide bonds. The zero-order chi connectivity index (χ0) is 17.7. The van der Waals surface area contributed by atoms with Crippen LogP contribution in [0.3, 0.4) is 0 Å². The molecule has 0 spiro atoms. The second kappa shape index (κ2) is 7.89. The molecule has 1 saturated heterocycles. The lowest BCUT2D eigenvalue weighted by Gasteiger charge is -2.32. The molecule has 1 heterocycles. The maximum Gasteiger partial charge on any atom is 0.218 e. The number of anilines is 1. The Morgan fingerprint density at radius 2 is 1.80 bits per heavy atom. The SMILES string of the molecule is COc1cccc(NC2CCN(S(=O)(=O)Cc3ccccc3)CC2)c1. The van der Waals surface area contributed by atoms with Gasteiger partial charge in [-0.2, -0.15) is 0 Å². The van der Waals surface area contributed by atoms with Crippen molar-refractivity contribution in [1.82, 2.24) is 4.31 Å². The lowest BCUT2D eigenvalue weighted by atomic mass is 10.1. The maximum atomic E-state index is 12.6. The van der Waals surface area contributed by atoms with E-state index in [1.165, 1.54) is 0 Å². The molecule has 0 aliphatic carbocycles. The van der Waals surface area contributed by atoms with Gasteiger partial charge in [-0.3, -0.25) is 0 Å². The lowest BCUT2D eigenvalue weighted by Crippen LogP contribution is -2.42. The van der Waals surface area contributed by atoms with Crippen molar-refractivity contribution < 1.29 is 13.2 Å². The minimum atomic E-state index is -3.26. The first kappa shape index (κ1) is 17.8. The van der Waals surface area contributed by atoms with Crippen molar-refractivity contribution >= 4 is 15.7 Å². The summed E-state index contributed by atoms with van der Waals surface area (Å²) in [5.41, 5.74) is 1.84. The fourth-order valence-electron chi connectivity index (χ4n) is 3.10. The van der Waals surface area contributed by atoms with E-state index in [4.69, 9.17) is 4.74 Å². The second-order valence-corrected chi connectivity index (χ2v) is 8.26. The molecule has 1 N–H and O–H groups in total. The van der Waals surface area contributed by atoms with Crippen LogP contribution in [0.2, 0.25) is 0 Å². The number of piperidine rings is 1. The van der Waals surface area contributed by atoms with Crippen LogP contribution in [0, 0.1) is 0 Å². The molecule has 134 valence electrons. The van der Waals surface area contributed by atoms with Crippen LogP contribution in [0.4, 0.5) is 5.69 Å². The van der Waals surface area contributed by atoms with E-state index < -0.39 is 10.0 Å². The highest BCUT2D eigenvalue weighted by molar-refractivity contribution is 7.88. The summed E-state index contributed by atoms with van der Waals surface area (Å²) in [4.78, 5) is 0. The van der Waals surface area contributed by atoms with Gasteiger partial charge in [-0.15, -0.1) is 0 Å². The third kappa shape index (κ3) is 4.74. The van der Waals surface area contributed by atoms with Crippen LogP contribution in [-0.4, -0.2) is 39.0 Å². The van der Waals surface area contributed by atoms with E-state index in [9.17, 15) is 8.42 Å². The molecule has 0 aromatic heterocycles. The van der Waals surface area contributed by atoms with E-state index >= 15 is 0 Å². The molecular formula is C19H24N2O3S. The number of hydrogen-bond donors (Lipinski definition) is 1. The average Bonchev–Trinajstić information content (AvgIpc) is 2.63.